The number of rotatable bonds is 13. The van der Waals surface area contributed by atoms with Gasteiger partial charge in [0.05, 0.1) is 39.6 Å². The first-order chi connectivity index (χ1) is 24.0. The van der Waals surface area contributed by atoms with E-state index in [-0.39, 0.29) is 19.2 Å². The Balaban J connectivity index is 0.00000504. The standard InChI is InChI=1S/C35H41N11O4.CH4/c1-6-45-28(17-20(3)41-45)32(49)39-34-37-25-19-23(31(36)48)13-14-26(25)43(34)15-8-9-16-44-27-12-10-11-24(22(5)47)30(27)38-35(44)40-33(50)29-18-21(4)42-46(29)7-2;/h10-14,17-19,22,47H,6-9,15-16H2,1-5H3,(H2,36,48)(H,37,39,49)(H,38,40,50);1H4. The van der Waals surface area contributed by atoms with Crippen molar-refractivity contribution in [2.75, 3.05) is 10.6 Å². The second-order valence-corrected chi connectivity index (χ2v) is 12.2. The Hall–Kier alpha value is -5.83. The quantitative estimate of drug-likeness (QED) is 0.118. The predicted molar refractivity (Wildman–Crippen MR) is 196 cm³/mol. The molecule has 0 aliphatic rings. The van der Waals surface area contributed by atoms with E-state index in [1.54, 1.807) is 46.6 Å². The SMILES string of the molecule is C.CCn1nc(C)cc1C(=O)Nc1nc2cc(C(N)=O)ccc2n1CCCCn1c(NC(=O)c2cc(C)nn2CC)nc2c(C(C)O)cccc21. The third kappa shape index (κ3) is 7.24. The van der Waals surface area contributed by atoms with Crippen LogP contribution in [0.3, 0.4) is 0 Å². The molecule has 6 rings (SSSR count). The number of aliphatic hydroxyl groups excluding tert-OH is 1. The monoisotopic (exact) mass is 695 g/mol. The number of hydrogen-bond donors (Lipinski definition) is 4. The minimum atomic E-state index is -0.757. The molecule has 0 bridgehead atoms. The van der Waals surface area contributed by atoms with E-state index in [0.717, 1.165) is 22.4 Å². The van der Waals surface area contributed by atoms with Gasteiger partial charge in [0.2, 0.25) is 17.8 Å². The van der Waals surface area contributed by atoms with Gasteiger partial charge < -0.3 is 20.0 Å². The number of aliphatic hydroxyl groups is 1. The van der Waals surface area contributed by atoms with Crippen LogP contribution < -0.4 is 16.4 Å². The maximum atomic E-state index is 13.4. The third-order valence-electron chi connectivity index (χ3n) is 8.63. The van der Waals surface area contributed by atoms with Crippen LogP contribution in [0.25, 0.3) is 22.1 Å². The van der Waals surface area contributed by atoms with Crippen LogP contribution in [0.15, 0.2) is 48.5 Å². The molecule has 1 unspecified atom stereocenters. The van der Waals surface area contributed by atoms with Gasteiger partial charge in [-0.1, -0.05) is 19.6 Å². The first-order valence-corrected chi connectivity index (χ1v) is 16.7. The first-order valence-electron chi connectivity index (χ1n) is 16.7. The van der Waals surface area contributed by atoms with Gasteiger partial charge in [0.15, 0.2) is 0 Å². The number of hydrogen-bond acceptors (Lipinski definition) is 8. The van der Waals surface area contributed by atoms with E-state index in [1.165, 1.54) is 0 Å². The number of aromatic nitrogens is 8. The lowest BCUT2D eigenvalue weighted by Crippen LogP contribution is -2.20. The van der Waals surface area contributed by atoms with Crippen molar-refractivity contribution in [2.24, 2.45) is 5.73 Å². The molecule has 51 heavy (non-hydrogen) atoms. The van der Waals surface area contributed by atoms with Crippen LogP contribution in [-0.4, -0.2) is 61.5 Å². The highest BCUT2D eigenvalue weighted by Gasteiger charge is 2.22. The van der Waals surface area contributed by atoms with Crippen LogP contribution in [0, 0.1) is 13.8 Å². The van der Waals surface area contributed by atoms with Gasteiger partial charge in [-0.15, -0.1) is 0 Å². The summed E-state index contributed by atoms with van der Waals surface area (Å²) in [7, 11) is 0. The van der Waals surface area contributed by atoms with E-state index in [0.29, 0.717) is 84.5 Å². The molecule has 0 aliphatic carbocycles. The summed E-state index contributed by atoms with van der Waals surface area (Å²) in [4.78, 5) is 48.2. The fourth-order valence-electron chi connectivity index (χ4n) is 6.24. The van der Waals surface area contributed by atoms with Crippen molar-refractivity contribution in [3.63, 3.8) is 0 Å². The topological polar surface area (TPSA) is 193 Å². The molecule has 15 heteroatoms. The molecule has 3 amide bonds. The number of unbranched alkanes of at least 4 members (excludes halogenated alkanes) is 1. The van der Waals surface area contributed by atoms with E-state index in [1.807, 2.05) is 55.0 Å². The van der Waals surface area contributed by atoms with E-state index < -0.39 is 12.0 Å². The minimum absolute atomic E-state index is 0. The van der Waals surface area contributed by atoms with Gasteiger partial charge in [-0.2, -0.15) is 10.2 Å². The lowest BCUT2D eigenvalue weighted by atomic mass is 10.1. The normalized spacial score (nSPS) is 11.9. The Labute approximate surface area is 295 Å². The molecule has 0 aliphatic heterocycles. The van der Waals surface area contributed by atoms with Crippen molar-refractivity contribution in [1.82, 2.24) is 38.7 Å². The summed E-state index contributed by atoms with van der Waals surface area (Å²) in [5.41, 5.74) is 11.5. The number of anilines is 2. The lowest BCUT2D eigenvalue weighted by molar-refractivity contribution is 0.0995. The number of primary amides is 1. The van der Waals surface area contributed by atoms with Gasteiger partial charge in [-0.3, -0.25) is 34.4 Å². The van der Waals surface area contributed by atoms with Gasteiger partial charge in [-0.05, 0) is 83.9 Å². The van der Waals surface area contributed by atoms with Crippen molar-refractivity contribution >= 4 is 51.7 Å². The molecule has 15 nitrogen and oxygen atoms in total. The smallest absolute Gasteiger partial charge is 0.276 e. The van der Waals surface area contributed by atoms with E-state index >= 15 is 0 Å². The molecule has 0 radical (unpaired) electrons. The number of carbonyl (C=O) groups excluding carboxylic acids is 3. The van der Waals surface area contributed by atoms with Crippen molar-refractivity contribution in [3.05, 3.63) is 82.4 Å². The lowest BCUT2D eigenvalue weighted by Gasteiger charge is -2.13. The van der Waals surface area contributed by atoms with Gasteiger partial charge in [-0.25, -0.2) is 9.97 Å². The van der Waals surface area contributed by atoms with Crippen molar-refractivity contribution in [2.45, 2.75) is 87.2 Å². The molecule has 2 aromatic carbocycles. The summed E-state index contributed by atoms with van der Waals surface area (Å²) >= 11 is 0. The highest BCUT2D eigenvalue weighted by Crippen LogP contribution is 2.28. The third-order valence-corrected chi connectivity index (χ3v) is 8.63. The number of nitrogens with two attached hydrogens (primary N) is 1. The average molecular weight is 696 g/mol. The van der Waals surface area contributed by atoms with Crippen LogP contribution in [-0.2, 0) is 26.2 Å². The molecule has 1 atom stereocenters. The molecule has 0 saturated heterocycles. The van der Waals surface area contributed by atoms with E-state index in [4.69, 9.17) is 10.7 Å². The fourth-order valence-corrected chi connectivity index (χ4v) is 6.24. The maximum Gasteiger partial charge on any atom is 0.276 e. The summed E-state index contributed by atoms with van der Waals surface area (Å²) in [6, 6.07) is 14.1. The number of fused-ring (bicyclic) bond motifs is 2. The molecule has 4 aromatic heterocycles. The number of para-hydroxylation sites is 1. The number of nitrogens with zero attached hydrogens (tertiary/aromatic N) is 8. The summed E-state index contributed by atoms with van der Waals surface area (Å²) in [5, 5.41) is 25.2. The van der Waals surface area contributed by atoms with Crippen LogP contribution >= 0.6 is 0 Å². The van der Waals surface area contributed by atoms with Crippen LogP contribution in [0.1, 0.15) is 95.4 Å². The second-order valence-electron chi connectivity index (χ2n) is 12.2. The largest absolute Gasteiger partial charge is 0.389 e. The zero-order chi connectivity index (χ0) is 35.7. The number of nitrogens with one attached hydrogen (secondary N) is 2. The van der Waals surface area contributed by atoms with Crippen LogP contribution in [0.5, 0.6) is 0 Å². The van der Waals surface area contributed by atoms with Crippen LogP contribution in [0.4, 0.5) is 11.9 Å². The van der Waals surface area contributed by atoms with Crippen molar-refractivity contribution in [1.29, 1.82) is 0 Å². The maximum absolute atomic E-state index is 13.4. The van der Waals surface area contributed by atoms with Crippen molar-refractivity contribution in [3.8, 4) is 0 Å². The molecular formula is C36H45N11O4. The predicted octanol–water partition coefficient (Wildman–Crippen LogP) is 5.21. The second kappa shape index (κ2) is 15.0. The number of benzene rings is 2. The number of imidazole rings is 2. The molecule has 0 spiro atoms. The minimum Gasteiger partial charge on any atom is -0.389 e. The molecule has 0 saturated carbocycles. The number of carbonyl (C=O) groups is 3. The highest BCUT2D eigenvalue weighted by atomic mass is 16.3. The zero-order valence-electron chi connectivity index (χ0n) is 28.8. The Morgan fingerprint density at radius 1 is 0.804 bits per heavy atom. The van der Waals surface area contributed by atoms with Gasteiger partial charge in [0.25, 0.3) is 11.8 Å². The molecular weight excluding hydrogens is 650 g/mol. The van der Waals surface area contributed by atoms with E-state index in [2.05, 4.69) is 25.8 Å². The Morgan fingerprint density at radius 3 is 1.88 bits per heavy atom. The van der Waals surface area contributed by atoms with Crippen molar-refractivity contribution < 1.29 is 19.5 Å². The van der Waals surface area contributed by atoms with Gasteiger partial charge >= 0.3 is 0 Å². The number of aryl methyl sites for hydroxylation is 6. The Bertz CT molecular complexity index is 2240. The molecule has 0 fully saturated rings. The first kappa shape index (κ1) is 36.5. The summed E-state index contributed by atoms with van der Waals surface area (Å²) < 4.78 is 7.13. The van der Waals surface area contributed by atoms with E-state index in [9.17, 15) is 19.5 Å². The highest BCUT2D eigenvalue weighted by molar-refractivity contribution is 6.04. The Morgan fingerprint density at radius 2 is 1.35 bits per heavy atom. The average Bonchev–Trinajstić information content (AvgIpc) is 3.84. The zero-order valence-corrected chi connectivity index (χ0v) is 28.8. The number of amides is 3. The fraction of sp³-hybridized carbons (Fsp3) is 0.361. The van der Waals surface area contributed by atoms with Crippen LogP contribution in [0.2, 0.25) is 0 Å². The molecule has 6 aromatic rings. The summed E-state index contributed by atoms with van der Waals surface area (Å²) in [6.07, 6.45) is 0.559. The summed E-state index contributed by atoms with van der Waals surface area (Å²) in [5.74, 6) is -0.556. The molecule has 5 N–H and O–H groups in total. The summed E-state index contributed by atoms with van der Waals surface area (Å²) in [6.45, 7) is 11.2. The Kier molecular flexibility index (Phi) is 10.7. The van der Waals surface area contributed by atoms with Gasteiger partial charge in [0, 0.05) is 37.3 Å². The van der Waals surface area contributed by atoms with Gasteiger partial charge in [0.1, 0.15) is 11.4 Å². The molecule has 268 valence electrons. The molecule has 4 heterocycles.